The minimum atomic E-state index is 0.122. The van der Waals surface area contributed by atoms with Gasteiger partial charge in [0.15, 0.2) is 0 Å². The maximum atomic E-state index is 12.6. The van der Waals surface area contributed by atoms with Gasteiger partial charge < -0.3 is 15.8 Å². The first-order chi connectivity index (χ1) is 12.2. The van der Waals surface area contributed by atoms with Crippen molar-refractivity contribution in [1.29, 1.82) is 0 Å². The van der Waals surface area contributed by atoms with Gasteiger partial charge in [0.25, 0.3) is 0 Å². The lowest BCUT2D eigenvalue weighted by atomic mass is 9.95. The number of nitrogens with two attached hydrogens (primary N) is 1. The second-order valence-electron chi connectivity index (χ2n) is 7.74. The normalized spacial score (nSPS) is 28.2. The number of likely N-dealkylation sites (tertiary alicyclic amines) is 1. The molecule has 0 aromatic carbocycles. The van der Waals surface area contributed by atoms with Crippen molar-refractivity contribution in [3.63, 3.8) is 0 Å². The van der Waals surface area contributed by atoms with Crippen LogP contribution >= 0.6 is 0 Å². The number of hydrogen-bond donors (Lipinski definition) is 2. The number of amides is 1. The van der Waals surface area contributed by atoms with Gasteiger partial charge in [0.1, 0.15) is 5.82 Å². The molecule has 1 aromatic rings. The van der Waals surface area contributed by atoms with E-state index in [1.807, 2.05) is 12.1 Å². The van der Waals surface area contributed by atoms with Gasteiger partial charge in [-0.15, -0.1) is 0 Å². The predicted molar refractivity (Wildman–Crippen MR) is 95.6 cm³/mol. The summed E-state index contributed by atoms with van der Waals surface area (Å²) in [5.41, 5.74) is 7.08. The summed E-state index contributed by atoms with van der Waals surface area (Å²) in [6.45, 7) is 4.18. The lowest BCUT2D eigenvalue weighted by molar-refractivity contribution is -0.128. The van der Waals surface area contributed by atoms with E-state index in [9.17, 15) is 4.79 Å². The summed E-state index contributed by atoms with van der Waals surface area (Å²) in [6.07, 6.45) is 6.03. The summed E-state index contributed by atoms with van der Waals surface area (Å²) in [5.74, 6) is 2.30. The topological polar surface area (TPSA) is 80.5 Å². The molecule has 3 heterocycles. The van der Waals surface area contributed by atoms with E-state index in [1.165, 1.54) is 12.8 Å². The monoisotopic (exact) mass is 344 g/mol. The zero-order chi connectivity index (χ0) is 17.2. The summed E-state index contributed by atoms with van der Waals surface area (Å²) >= 11 is 0. The zero-order valence-corrected chi connectivity index (χ0v) is 14.7. The van der Waals surface area contributed by atoms with Gasteiger partial charge >= 0.3 is 0 Å². The molecule has 3 N–H and O–H groups in total. The third kappa shape index (κ3) is 3.96. The summed E-state index contributed by atoms with van der Waals surface area (Å²) in [6, 6.07) is 4.24. The number of nitrogens with zero attached hydrogens (tertiary/aromatic N) is 2. The number of carbonyl (C=O) groups is 1. The van der Waals surface area contributed by atoms with Crippen molar-refractivity contribution in [2.45, 2.75) is 38.3 Å². The Bertz CT molecular complexity index is 613. The zero-order valence-electron chi connectivity index (χ0n) is 14.7. The van der Waals surface area contributed by atoms with Crippen LogP contribution in [0, 0.1) is 17.8 Å². The van der Waals surface area contributed by atoms with Crippen molar-refractivity contribution in [2.75, 3.05) is 32.0 Å². The number of rotatable bonds is 5. The van der Waals surface area contributed by atoms with Crippen LogP contribution in [-0.2, 0) is 16.1 Å². The van der Waals surface area contributed by atoms with Gasteiger partial charge in [-0.3, -0.25) is 9.69 Å². The van der Waals surface area contributed by atoms with E-state index in [-0.39, 0.29) is 17.9 Å². The minimum absolute atomic E-state index is 0.122. The molecule has 4 rings (SSSR count). The Morgan fingerprint density at radius 2 is 2.08 bits per heavy atom. The third-order valence-corrected chi connectivity index (χ3v) is 5.91. The van der Waals surface area contributed by atoms with Gasteiger partial charge in [-0.25, -0.2) is 4.98 Å². The van der Waals surface area contributed by atoms with E-state index in [0.29, 0.717) is 24.9 Å². The van der Waals surface area contributed by atoms with Gasteiger partial charge in [-0.05, 0) is 43.6 Å². The molecule has 1 aliphatic carbocycles. The van der Waals surface area contributed by atoms with Crippen LogP contribution in [0.1, 0.15) is 31.2 Å². The molecule has 0 radical (unpaired) electrons. The Morgan fingerprint density at radius 1 is 1.28 bits per heavy atom. The molecule has 136 valence electrons. The number of anilines is 1. The van der Waals surface area contributed by atoms with E-state index in [2.05, 4.69) is 15.2 Å². The number of aromatic nitrogens is 1. The smallest absolute Gasteiger partial charge is 0.223 e. The van der Waals surface area contributed by atoms with Crippen LogP contribution in [0.5, 0.6) is 0 Å². The summed E-state index contributed by atoms with van der Waals surface area (Å²) in [7, 11) is 0. The fraction of sp³-hybridized carbons (Fsp3) is 0.684. The Morgan fingerprint density at radius 3 is 2.80 bits per heavy atom. The van der Waals surface area contributed by atoms with Crippen LogP contribution in [0.3, 0.4) is 0 Å². The van der Waals surface area contributed by atoms with Crippen LogP contribution in [-0.4, -0.2) is 48.1 Å². The van der Waals surface area contributed by atoms with Gasteiger partial charge in [-0.1, -0.05) is 6.07 Å². The third-order valence-electron chi connectivity index (χ3n) is 5.91. The summed E-state index contributed by atoms with van der Waals surface area (Å²) in [4.78, 5) is 19.3. The van der Waals surface area contributed by atoms with Crippen molar-refractivity contribution in [2.24, 2.45) is 17.8 Å². The number of carbonyl (C=O) groups excluding carboxylic acids is 1. The van der Waals surface area contributed by atoms with E-state index < -0.39 is 0 Å². The Kier molecular flexibility index (Phi) is 4.90. The minimum Gasteiger partial charge on any atom is -0.383 e. The highest BCUT2D eigenvalue weighted by atomic mass is 16.5. The SMILES string of the molecule is Nc1ncccc1CN1C[C@@H](NC(=O)C2CCOCC2)[C@H](C2CC2)C1. The van der Waals surface area contributed by atoms with E-state index >= 15 is 0 Å². The molecular formula is C19H28N4O2. The van der Waals surface area contributed by atoms with Gasteiger partial charge in [-0.2, -0.15) is 0 Å². The Balaban J connectivity index is 1.39. The fourth-order valence-corrected chi connectivity index (χ4v) is 4.28. The molecule has 0 bridgehead atoms. The number of nitrogen functional groups attached to an aromatic ring is 1. The van der Waals surface area contributed by atoms with E-state index in [1.54, 1.807) is 6.20 Å². The predicted octanol–water partition coefficient (Wildman–Crippen LogP) is 1.42. The number of hydrogen-bond acceptors (Lipinski definition) is 5. The van der Waals surface area contributed by atoms with Crippen molar-refractivity contribution in [1.82, 2.24) is 15.2 Å². The van der Waals surface area contributed by atoms with Gasteiger partial charge in [0.2, 0.25) is 5.91 Å². The quantitative estimate of drug-likeness (QED) is 0.844. The van der Waals surface area contributed by atoms with Crippen molar-refractivity contribution >= 4 is 11.7 Å². The average Bonchev–Trinajstić information content (AvgIpc) is 3.40. The van der Waals surface area contributed by atoms with Gasteiger partial charge in [0.05, 0.1) is 0 Å². The molecule has 1 saturated carbocycles. The Labute approximate surface area is 149 Å². The van der Waals surface area contributed by atoms with Gasteiger partial charge in [0, 0.05) is 56.6 Å². The number of ether oxygens (including phenoxy) is 1. The largest absolute Gasteiger partial charge is 0.383 e. The second-order valence-corrected chi connectivity index (χ2v) is 7.74. The van der Waals surface area contributed by atoms with Crippen LogP contribution in [0.4, 0.5) is 5.82 Å². The highest BCUT2D eigenvalue weighted by Gasteiger charge is 2.43. The van der Waals surface area contributed by atoms with Crippen LogP contribution in [0.15, 0.2) is 18.3 Å². The number of nitrogens with one attached hydrogen (secondary N) is 1. The molecular weight excluding hydrogens is 316 g/mol. The molecule has 2 atom stereocenters. The highest BCUT2D eigenvalue weighted by Crippen LogP contribution is 2.42. The standard InChI is InChI=1S/C19H28N4O2/c20-18-15(2-1-7-21-18)10-23-11-16(13-3-4-13)17(12-23)22-19(24)14-5-8-25-9-6-14/h1-2,7,13-14,16-17H,3-6,8-12H2,(H2,20,21)(H,22,24)/t16-,17+/m0/s1. The molecule has 1 aromatic heterocycles. The average molecular weight is 344 g/mol. The van der Waals surface area contributed by atoms with Crippen LogP contribution in [0.2, 0.25) is 0 Å². The van der Waals surface area contributed by atoms with Crippen LogP contribution in [0.25, 0.3) is 0 Å². The highest BCUT2D eigenvalue weighted by molar-refractivity contribution is 5.79. The molecule has 2 saturated heterocycles. The number of pyridine rings is 1. The molecule has 25 heavy (non-hydrogen) atoms. The first kappa shape index (κ1) is 16.8. The lowest BCUT2D eigenvalue weighted by Crippen LogP contribution is -2.45. The Hall–Kier alpha value is -1.66. The molecule has 0 unspecified atom stereocenters. The molecule has 6 nitrogen and oxygen atoms in total. The first-order valence-electron chi connectivity index (χ1n) is 9.50. The fourth-order valence-electron chi connectivity index (χ4n) is 4.28. The summed E-state index contributed by atoms with van der Waals surface area (Å²) in [5, 5.41) is 3.37. The molecule has 6 heteroatoms. The van der Waals surface area contributed by atoms with E-state index in [0.717, 1.165) is 44.0 Å². The molecule has 1 amide bonds. The molecule has 3 fully saturated rings. The summed E-state index contributed by atoms with van der Waals surface area (Å²) < 4.78 is 5.38. The van der Waals surface area contributed by atoms with E-state index in [4.69, 9.17) is 10.5 Å². The molecule has 2 aliphatic heterocycles. The van der Waals surface area contributed by atoms with Crippen molar-refractivity contribution in [3.8, 4) is 0 Å². The first-order valence-corrected chi connectivity index (χ1v) is 9.50. The van der Waals surface area contributed by atoms with Crippen molar-refractivity contribution in [3.05, 3.63) is 23.9 Å². The maximum absolute atomic E-state index is 12.6. The maximum Gasteiger partial charge on any atom is 0.223 e. The molecule has 3 aliphatic rings. The lowest BCUT2D eigenvalue weighted by Gasteiger charge is -2.25. The van der Waals surface area contributed by atoms with Crippen molar-refractivity contribution < 1.29 is 9.53 Å². The second kappa shape index (κ2) is 7.30. The van der Waals surface area contributed by atoms with Crippen LogP contribution < -0.4 is 11.1 Å². The molecule has 0 spiro atoms.